The van der Waals surface area contributed by atoms with Crippen molar-refractivity contribution in [3.8, 4) is 0 Å². The van der Waals surface area contributed by atoms with Gasteiger partial charge in [0.25, 0.3) is 0 Å². The molecule has 0 atom stereocenters. The van der Waals surface area contributed by atoms with Crippen LogP contribution in [0.4, 0.5) is 14.7 Å². The summed E-state index contributed by atoms with van der Waals surface area (Å²) < 4.78 is 29.5. The van der Waals surface area contributed by atoms with Crippen LogP contribution < -0.4 is 4.90 Å². The summed E-state index contributed by atoms with van der Waals surface area (Å²) in [6.45, 7) is 1.45. The molecule has 1 spiro atoms. The summed E-state index contributed by atoms with van der Waals surface area (Å²) in [6, 6.07) is 5.52. The van der Waals surface area contributed by atoms with Crippen LogP contribution in [0.2, 0.25) is 10.0 Å². The van der Waals surface area contributed by atoms with Crippen LogP contribution in [0.15, 0.2) is 46.6 Å². The highest BCUT2D eigenvalue weighted by Gasteiger charge is 2.50. The zero-order chi connectivity index (χ0) is 20.9. The van der Waals surface area contributed by atoms with Crippen molar-refractivity contribution in [1.29, 1.82) is 0 Å². The second-order valence-electron chi connectivity index (χ2n) is 8.22. The van der Waals surface area contributed by atoms with Crippen LogP contribution in [0, 0.1) is 5.41 Å². The maximum Gasteiger partial charge on any atom is 0.248 e. The Balaban J connectivity index is 1.39. The van der Waals surface area contributed by atoms with Gasteiger partial charge in [-0.3, -0.25) is 4.40 Å². The first-order valence-electron chi connectivity index (χ1n) is 9.93. The van der Waals surface area contributed by atoms with E-state index in [0.29, 0.717) is 16.5 Å². The van der Waals surface area contributed by atoms with Crippen molar-refractivity contribution in [1.82, 2.24) is 14.4 Å². The molecule has 2 aliphatic rings. The normalized spacial score (nSPS) is 20.3. The molecule has 30 heavy (non-hydrogen) atoms. The molecule has 2 aromatic heterocycles. The molecule has 1 aliphatic heterocycles. The maximum atomic E-state index is 13.8. The molecular weight excluding hydrogens is 449 g/mol. The van der Waals surface area contributed by atoms with Crippen LogP contribution in [-0.2, 0) is 0 Å². The van der Waals surface area contributed by atoms with Gasteiger partial charge in [-0.2, -0.15) is 0 Å². The molecule has 5 rings (SSSR count). The van der Waals surface area contributed by atoms with Crippen LogP contribution in [0.1, 0.15) is 32.1 Å². The standard InChI is InChI=1S/C21H20Cl2F2N4S/c22-14-2-1-3-15(17(14)23)30-16-12-27-19(29-11-8-26-18(16)29)28-9-6-20(7-10-28)4-5-21(24,25)13-20/h1-3,8,11-12H,4-7,9-10,13H2. The molecule has 3 aromatic rings. The summed E-state index contributed by atoms with van der Waals surface area (Å²) in [6.07, 6.45) is 7.64. The number of piperidine rings is 1. The van der Waals surface area contributed by atoms with Gasteiger partial charge in [-0.25, -0.2) is 18.7 Å². The van der Waals surface area contributed by atoms with E-state index in [1.54, 1.807) is 18.5 Å². The van der Waals surface area contributed by atoms with Crippen molar-refractivity contribution in [3.63, 3.8) is 0 Å². The zero-order valence-electron chi connectivity index (χ0n) is 16.1. The highest BCUT2D eigenvalue weighted by atomic mass is 35.5. The van der Waals surface area contributed by atoms with Gasteiger partial charge >= 0.3 is 0 Å². The number of rotatable bonds is 3. The second-order valence-corrected chi connectivity index (χ2v) is 10.1. The molecule has 0 amide bonds. The summed E-state index contributed by atoms with van der Waals surface area (Å²) in [5, 5.41) is 1.01. The van der Waals surface area contributed by atoms with E-state index < -0.39 is 5.92 Å². The van der Waals surface area contributed by atoms with Gasteiger partial charge in [0, 0.05) is 49.4 Å². The molecule has 4 nitrogen and oxygen atoms in total. The average molecular weight is 469 g/mol. The highest BCUT2D eigenvalue weighted by molar-refractivity contribution is 7.99. The van der Waals surface area contributed by atoms with Gasteiger partial charge in [0.1, 0.15) is 0 Å². The number of hydrogen-bond acceptors (Lipinski definition) is 4. The molecule has 1 saturated heterocycles. The fourth-order valence-electron chi connectivity index (χ4n) is 4.65. The fourth-order valence-corrected chi connectivity index (χ4v) is 6.06. The van der Waals surface area contributed by atoms with Crippen LogP contribution in [0.25, 0.3) is 5.65 Å². The molecule has 1 aromatic carbocycles. The minimum Gasteiger partial charge on any atom is -0.342 e. The lowest BCUT2D eigenvalue weighted by Gasteiger charge is -2.39. The number of nitrogens with zero attached hydrogens (tertiary/aromatic N) is 4. The molecule has 2 fully saturated rings. The van der Waals surface area contributed by atoms with Gasteiger partial charge in [0.05, 0.1) is 14.9 Å². The Labute approximate surface area is 187 Å². The number of anilines is 1. The SMILES string of the molecule is FC1(F)CCC2(CCN(c3ncc(Sc4cccc(Cl)c4Cl)c4nccn34)CC2)C1. The van der Waals surface area contributed by atoms with Crippen LogP contribution in [-0.4, -0.2) is 33.4 Å². The van der Waals surface area contributed by atoms with Gasteiger partial charge in [-0.05, 0) is 36.8 Å². The summed E-state index contributed by atoms with van der Waals surface area (Å²) in [5.74, 6) is -1.71. The third kappa shape index (κ3) is 3.65. The highest BCUT2D eigenvalue weighted by Crippen LogP contribution is 2.53. The summed E-state index contributed by atoms with van der Waals surface area (Å²) in [7, 11) is 0. The minimum atomic E-state index is -2.50. The lowest BCUT2D eigenvalue weighted by atomic mass is 9.77. The molecule has 3 heterocycles. The number of fused-ring (bicyclic) bond motifs is 1. The number of hydrogen-bond donors (Lipinski definition) is 0. The van der Waals surface area contributed by atoms with E-state index >= 15 is 0 Å². The van der Waals surface area contributed by atoms with Crippen molar-refractivity contribution in [3.05, 3.63) is 46.8 Å². The topological polar surface area (TPSA) is 33.4 Å². The Morgan fingerprint density at radius 3 is 2.53 bits per heavy atom. The molecule has 1 aliphatic carbocycles. The Morgan fingerprint density at radius 2 is 1.80 bits per heavy atom. The summed E-state index contributed by atoms with van der Waals surface area (Å²) in [4.78, 5) is 13.1. The van der Waals surface area contributed by atoms with E-state index in [1.165, 1.54) is 11.8 Å². The van der Waals surface area contributed by atoms with E-state index in [9.17, 15) is 8.78 Å². The first kappa shape index (κ1) is 20.3. The minimum absolute atomic E-state index is 0.0228. The lowest BCUT2D eigenvalue weighted by molar-refractivity contribution is -0.00684. The molecule has 0 radical (unpaired) electrons. The predicted molar refractivity (Wildman–Crippen MR) is 116 cm³/mol. The number of imidazole rings is 1. The van der Waals surface area contributed by atoms with Crippen molar-refractivity contribution >= 4 is 46.6 Å². The van der Waals surface area contributed by atoms with Crippen LogP contribution >= 0.6 is 35.0 Å². The Hall–Kier alpha value is -1.57. The molecule has 0 N–H and O–H groups in total. The summed E-state index contributed by atoms with van der Waals surface area (Å²) >= 11 is 13.9. The second kappa shape index (κ2) is 7.53. The van der Waals surface area contributed by atoms with Gasteiger partial charge in [-0.1, -0.05) is 41.0 Å². The van der Waals surface area contributed by atoms with Crippen molar-refractivity contribution < 1.29 is 8.78 Å². The van der Waals surface area contributed by atoms with Crippen molar-refractivity contribution in [2.75, 3.05) is 18.0 Å². The smallest absolute Gasteiger partial charge is 0.248 e. The van der Waals surface area contributed by atoms with E-state index in [0.717, 1.165) is 47.3 Å². The predicted octanol–water partition coefficient (Wildman–Crippen LogP) is 6.59. The van der Waals surface area contributed by atoms with E-state index in [4.69, 9.17) is 28.2 Å². The molecule has 0 unspecified atom stereocenters. The number of benzene rings is 1. The van der Waals surface area contributed by atoms with E-state index in [-0.39, 0.29) is 18.3 Å². The zero-order valence-corrected chi connectivity index (χ0v) is 18.5. The monoisotopic (exact) mass is 468 g/mol. The first-order chi connectivity index (χ1) is 14.4. The van der Waals surface area contributed by atoms with Crippen LogP contribution in [0.3, 0.4) is 0 Å². The molecular formula is C21H20Cl2F2N4S. The summed E-state index contributed by atoms with van der Waals surface area (Å²) in [5.41, 5.74) is 0.571. The van der Waals surface area contributed by atoms with Crippen molar-refractivity contribution in [2.45, 2.75) is 47.8 Å². The molecule has 0 bridgehead atoms. The third-order valence-electron chi connectivity index (χ3n) is 6.27. The van der Waals surface area contributed by atoms with Gasteiger partial charge in [0.15, 0.2) is 5.65 Å². The van der Waals surface area contributed by atoms with Crippen molar-refractivity contribution in [2.24, 2.45) is 5.41 Å². The van der Waals surface area contributed by atoms with Gasteiger partial charge in [0.2, 0.25) is 11.9 Å². The number of alkyl halides is 2. The van der Waals surface area contributed by atoms with E-state index in [2.05, 4.69) is 9.88 Å². The lowest BCUT2D eigenvalue weighted by Crippen LogP contribution is -2.40. The Kier molecular flexibility index (Phi) is 5.11. The van der Waals surface area contributed by atoms with E-state index in [1.807, 2.05) is 22.7 Å². The van der Waals surface area contributed by atoms with Gasteiger partial charge < -0.3 is 4.90 Å². The first-order valence-corrected chi connectivity index (χ1v) is 11.5. The quantitative estimate of drug-likeness (QED) is 0.433. The molecule has 9 heteroatoms. The largest absolute Gasteiger partial charge is 0.342 e. The Morgan fingerprint density at radius 1 is 1.00 bits per heavy atom. The number of halogens is 4. The average Bonchev–Trinajstić information content (AvgIpc) is 3.32. The molecule has 1 saturated carbocycles. The Bertz CT molecular complexity index is 1100. The third-order valence-corrected chi connectivity index (χ3v) is 8.27. The molecule has 158 valence electrons. The fraction of sp³-hybridized carbons (Fsp3) is 0.429. The van der Waals surface area contributed by atoms with Gasteiger partial charge in [-0.15, -0.1) is 0 Å². The van der Waals surface area contributed by atoms with Crippen LogP contribution in [0.5, 0.6) is 0 Å². The maximum absolute atomic E-state index is 13.8. The number of aromatic nitrogens is 3.